The Hall–Kier alpha value is -3.20. The molecule has 0 unspecified atom stereocenters. The average molecular weight is 356 g/mol. The molecular formula is C24H21N2O+. The van der Waals surface area contributed by atoms with Crippen molar-refractivity contribution in [3.05, 3.63) is 71.7 Å². The van der Waals surface area contributed by atoms with Crippen molar-refractivity contribution >= 4 is 32.7 Å². The van der Waals surface area contributed by atoms with Gasteiger partial charge in [0.25, 0.3) is 6.33 Å². The van der Waals surface area contributed by atoms with Crippen molar-refractivity contribution in [3.8, 4) is 11.3 Å². The fraction of sp³-hybridized carbons (Fsp3) is 0.167. The van der Waals surface area contributed by atoms with Crippen molar-refractivity contribution in [3.63, 3.8) is 0 Å². The third kappa shape index (κ3) is 2.28. The minimum absolute atomic E-state index is 0.343. The van der Waals surface area contributed by atoms with E-state index >= 15 is 0 Å². The molecule has 5 rings (SSSR count). The van der Waals surface area contributed by atoms with Gasteiger partial charge in [0.15, 0.2) is 5.69 Å². The molecule has 0 spiro atoms. The van der Waals surface area contributed by atoms with Gasteiger partial charge in [-0.2, -0.15) is 0 Å². The summed E-state index contributed by atoms with van der Waals surface area (Å²) in [5, 5.41) is 3.91. The van der Waals surface area contributed by atoms with Gasteiger partial charge in [-0.3, -0.25) is 0 Å². The molecule has 0 fully saturated rings. The normalized spacial score (nSPS) is 13.8. The van der Waals surface area contributed by atoms with Crippen LogP contribution in [0.2, 0.25) is 0 Å². The predicted octanol–water partition coefficient (Wildman–Crippen LogP) is 5.55. The molecule has 3 heteroatoms. The van der Waals surface area contributed by atoms with E-state index < -0.39 is 6.85 Å². The molecule has 2 heterocycles. The number of fused-ring (bicyclic) bond motifs is 5. The van der Waals surface area contributed by atoms with E-state index in [4.69, 9.17) is 8.53 Å². The van der Waals surface area contributed by atoms with Crippen LogP contribution in [-0.2, 0) is 7.05 Å². The lowest BCUT2D eigenvalue weighted by Crippen LogP contribution is -2.31. The Morgan fingerprint density at radius 1 is 1.04 bits per heavy atom. The molecule has 27 heavy (non-hydrogen) atoms. The van der Waals surface area contributed by atoms with Gasteiger partial charge in [-0.05, 0) is 47.8 Å². The van der Waals surface area contributed by atoms with E-state index in [1.807, 2.05) is 55.8 Å². The van der Waals surface area contributed by atoms with Gasteiger partial charge in [-0.25, -0.2) is 4.57 Å². The summed E-state index contributed by atoms with van der Waals surface area (Å²) in [7, 11) is 1.91. The Labute approximate surface area is 162 Å². The molecule has 0 aliphatic heterocycles. The first-order valence-electron chi connectivity index (χ1n) is 10.5. The van der Waals surface area contributed by atoms with Crippen molar-refractivity contribution < 1.29 is 13.1 Å². The van der Waals surface area contributed by atoms with Crippen LogP contribution in [-0.4, -0.2) is 4.98 Å². The lowest BCUT2D eigenvalue weighted by Gasteiger charge is -2.10. The monoisotopic (exact) mass is 356 g/mol. The minimum Gasteiger partial charge on any atom is -0.455 e. The number of hydrogen-bond acceptors (Lipinski definition) is 2. The Balaban J connectivity index is 2.04. The van der Waals surface area contributed by atoms with Crippen LogP contribution in [0.4, 0.5) is 0 Å². The van der Waals surface area contributed by atoms with Crippen LogP contribution >= 0.6 is 0 Å². The van der Waals surface area contributed by atoms with E-state index in [1.165, 1.54) is 0 Å². The molecule has 3 aromatic carbocycles. The summed E-state index contributed by atoms with van der Waals surface area (Å²) in [6.45, 7) is 1.55. The Morgan fingerprint density at radius 3 is 2.74 bits per heavy atom. The summed E-state index contributed by atoms with van der Waals surface area (Å²) < 4.78 is 32.7. The average Bonchev–Trinajstić information content (AvgIpc) is 3.07. The highest BCUT2D eigenvalue weighted by Gasteiger charge is 2.21. The summed E-state index contributed by atoms with van der Waals surface area (Å²) >= 11 is 0. The fourth-order valence-electron chi connectivity index (χ4n) is 3.91. The molecule has 3 nitrogen and oxygen atoms in total. The van der Waals surface area contributed by atoms with E-state index in [0.717, 1.165) is 44.1 Å². The second-order valence-corrected chi connectivity index (χ2v) is 7.09. The van der Waals surface area contributed by atoms with Crippen LogP contribution < -0.4 is 4.57 Å². The molecular weight excluding hydrogens is 332 g/mol. The predicted molar refractivity (Wildman–Crippen MR) is 110 cm³/mol. The fourth-order valence-corrected chi connectivity index (χ4v) is 3.91. The van der Waals surface area contributed by atoms with E-state index in [9.17, 15) is 0 Å². The topological polar surface area (TPSA) is 29.9 Å². The van der Waals surface area contributed by atoms with Gasteiger partial charge in [0.1, 0.15) is 16.9 Å². The van der Waals surface area contributed by atoms with Gasteiger partial charge in [-0.1, -0.05) is 35.3 Å². The molecule has 0 N–H and O–H groups in total. The van der Waals surface area contributed by atoms with Crippen LogP contribution in [0.15, 0.2) is 59.3 Å². The first-order chi connectivity index (χ1) is 14.3. The number of benzene rings is 3. The van der Waals surface area contributed by atoms with Crippen LogP contribution in [0.5, 0.6) is 0 Å². The number of furan rings is 1. The number of aryl methyl sites for hydroxylation is 3. The first-order valence-corrected chi connectivity index (χ1v) is 8.96. The largest absolute Gasteiger partial charge is 0.455 e. The van der Waals surface area contributed by atoms with E-state index in [-0.39, 0.29) is 0 Å². The summed E-state index contributed by atoms with van der Waals surface area (Å²) in [5.41, 5.74) is 5.03. The number of hydrogen-bond donors (Lipinski definition) is 0. The van der Waals surface area contributed by atoms with Crippen molar-refractivity contribution in [2.75, 3.05) is 0 Å². The smallest absolute Gasteiger partial charge is 0.286 e. The minimum atomic E-state index is -2.23. The SMILES string of the molecule is [2H]C([2H])([2H])c1cc2c(oc3ccc4ccccc4c32)c(-c2cc(C)nc[n+]2C)c1C. The molecule has 0 radical (unpaired) electrons. The molecule has 0 atom stereocenters. The Kier molecular flexibility index (Phi) is 2.73. The zero-order chi connectivity index (χ0) is 21.2. The van der Waals surface area contributed by atoms with E-state index in [1.54, 1.807) is 12.4 Å². The van der Waals surface area contributed by atoms with Crippen molar-refractivity contribution in [1.82, 2.24) is 4.98 Å². The maximum atomic E-state index is 8.15. The summed E-state index contributed by atoms with van der Waals surface area (Å²) in [6.07, 6.45) is 1.75. The molecule has 2 aromatic heterocycles. The molecule has 5 aromatic rings. The quantitative estimate of drug-likeness (QED) is 0.369. The second-order valence-electron chi connectivity index (χ2n) is 7.09. The molecule has 0 aliphatic carbocycles. The zero-order valence-electron chi connectivity index (χ0n) is 18.5. The third-order valence-electron chi connectivity index (χ3n) is 5.33. The summed E-state index contributed by atoms with van der Waals surface area (Å²) in [4.78, 5) is 4.35. The lowest BCUT2D eigenvalue weighted by atomic mass is 9.95. The van der Waals surface area contributed by atoms with Gasteiger partial charge in [-0.15, -0.1) is 0 Å². The van der Waals surface area contributed by atoms with Gasteiger partial charge < -0.3 is 4.42 Å². The molecule has 0 saturated carbocycles. The standard InChI is InChI=1S/C24H21N2O/c1-14-11-19-23-18-8-6-5-7-17(18)9-10-21(23)27-24(19)22(16(14)3)20-12-15(2)25-13-26(20)4/h5-13H,1-4H3/q+1/i1D3. The maximum Gasteiger partial charge on any atom is 0.286 e. The van der Waals surface area contributed by atoms with Gasteiger partial charge >= 0.3 is 0 Å². The van der Waals surface area contributed by atoms with Crippen LogP contribution in [0.25, 0.3) is 44.0 Å². The highest BCUT2D eigenvalue weighted by Crippen LogP contribution is 2.41. The number of aromatic nitrogens is 2. The first kappa shape index (κ1) is 13.0. The van der Waals surface area contributed by atoms with E-state index in [0.29, 0.717) is 16.7 Å². The van der Waals surface area contributed by atoms with Crippen LogP contribution in [0.1, 0.15) is 20.9 Å². The van der Waals surface area contributed by atoms with Gasteiger partial charge in [0.2, 0.25) is 0 Å². The summed E-state index contributed by atoms with van der Waals surface area (Å²) in [5.74, 6) is 0. The van der Waals surface area contributed by atoms with Crippen LogP contribution in [0.3, 0.4) is 0 Å². The second kappa shape index (κ2) is 5.65. The zero-order valence-corrected chi connectivity index (χ0v) is 15.5. The van der Waals surface area contributed by atoms with Gasteiger partial charge in [0.05, 0.1) is 12.6 Å². The molecule has 0 saturated heterocycles. The highest BCUT2D eigenvalue weighted by molar-refractivity contribution is 6.20. The molecule has 0 aliphatic rings. The van der Waals surface area contributed by atoms with E-state index in [2.05, 4.69) is 17.1 Å². The number of rotatable bonds is 1. The molecule has 132 valence electrons. The Bertz CT molecular complexity index is 1470. The summed E-state index contributed by atoms with van der Waals surface area (Å²) in [6, 6.07) is 15.9. The Morgan fingerprint density at radius 2 is 1.89 bits per heavy atom. The molecule has 0 bridgehead atoms. The van der Waals surface area contributed by atoms with Crippen molar-refractivity contribution in [2.45, 2.75) is 20.7 Å². The lowest BCUT2D eigenvalue weighted by molar-refractivity contribution is -0.663. The van der Waals surface area contributed by atoms with Crippen molar-refractivity contribution in [2.24, 2.45) is 7.05 Å². The number of nitrogens with zero attached hydrogens (tertiary/aromatic N) is 2. The molecule has 0 amide bonds. The van der Waals surface area contributed by atoms with Gasteiger partial charge in [0, 0.05) is 27.9 Å². The van der Waals surface area contributed by atoms with Crippen molar-refractivity contribution in [1.29, 1.82) is 0 Å². The van der Waals surface area contributed by atoms with Crippen LogP contribution in [0, 0.1) is 20.7 Å². The highest BCUT2D eigenvalue weighted by atomic mass is 16.3. The third-order valence-corrected chi connectivity index (χ3v) is 5.33. The maximum absolute atomic E-state index is 8.15.